The maximum Gasteiger partial charge on any atom is 0.329 e. The number of amides is 1. The van der Waals surface area contributed by atoms with Gasteiger partial charge in [0.2, 0.25) is 0 Å². The van der Waals surface area contributed by atoms with Gasteiger partial charge in [0.25, 0.3) is 5.91 Å². The van der Waals surface area contributed by atoms with Gasteiger partial charge in [0.1, 0.15) is 11.2 Å². The molecule has 0 spiro atoms. The molecule has 6 heteroatoms. The van der Waals surface area contributed by atoms with E-state index < -0.39 is 11.5 Å². The van der Waals surface area contributed by atoms with Crippen molar-refractivity contribution in [2.75, 3.05) is 6.54 Å². The van der Waals surface area contributed by atoms with Crippen molar-refractivity contribution in [1.29, 1.82) is 0 Å². The van der Waals surface area contributed by atoms with Crippen LogP contribution in [-0.4, -0.2) is 38.5 Å². The number of carboxylic acid groups (broad SMARTS) is 1. The van der Waals surface area contributed by atoms with Crippen LogP contribution in [0.2, 0.25) is 0 Å². The predicted molar refractivity (Wildman–Crippen MR) is 83.4 cm³/mol. The van der Waals surface area contributed by atoms with Crippen LogP contribution in [0.15, 0.2) is 16.7 Å². The van der Waals surface area contributed by atoms with Gasteiger partial charge in [-0.1, -0.05) is 6.92 Å². The van der Waals surface area contributed by atoms with Crippen LogP contribution in [0.25, 0.3) is 0 Å². The maximum absolute atomic E-state index is 12.9. The number of hydrogen-bond acceptors (Lipinski definition) is 2. The van der Waals surface area contributed by atoms with E-state index in [1.165, 1.54) is 4.90 Å². The van der Waals surface area contributed by atoms with Gasteiger partial charge in [0.15, 0.2) is 0 Å². The summed E-state index contributed by atoms with van der Waals surface area (Å²) in [6.07, 6.45) is 3.55. The summed E-state index contributed by atoms with van der Waals surface area (Å²) in [6, 6.07) is 1.90. The summed E-state index contributed by atoms with van der Waals surface area (Å²) in [5, 5.41) is 9.60. The molecule has 2 rings (SSSR count). The third kappa shape index (κ3) is 2.61. The molecule has 2 heterocycles. The number of carbonyl (C=O) groups excluding carboxylic acids is 1. The molecule has 1 aliphatic heterocycles. The Bertz CT molecular complexity index is 567. The molecule has 1 aromatic rings. The van der Waals surface area contributed by atoms with Crippen LogP contribution in [0.4, 0.5) is 0 Å². The van der Waals surface area contributed by atoms with E-state index in [2.05, 4.69) is 15.9 Å². The molecule has 1 atom stereocenters. The fourth-order valence-corrected chi connectivity index (χ4v) is 3.54. The number of carbonyl (C=O) groups is 2. The Hall–Kier alpha value is -1.30. The normalized spacial score (nSPS) is 22.0. The molecule has 0 aromatic carbocycles. The van der Waals surface area contributed by atoms with Crippen molar-refractivity contribution >= 4 is 27.8 Å². The van der Waals surface area contributed by atoms with E-state index in [1.807, 2.05) is 31.5 Å². The smallest absolute Gasteiger partial charge is 0.329 e. The van der Waals surface area contributed by atoms with E-state index >= 15 is 0 Å². The summed E-state index contributed by atoms with van der Waals surface area (Å²) < 4.78 is 2.71. The van der Waals surface area contributed by atoms with E-state index in [-0.39, 0.29) is 11.9 Å². The largest absolute Gasteiger partial charge is 0.479 e. The number of aliphatic carboxylic acids is 1. The first-order valence-corrected chi connectivity index (χ1v) is 8.05. The molecule has 0 aliphatic carbocycles. The number of carboxylic acids is 1. The highest BCUT2D eigenvalue weighted by Crippen LogP contribution is 2.35. The van der Waals surface area contributed by atoms with Crippen LogP contribution in [0.3, 0.4) is 0 Å². The molecule has 1 aromatic heterocycles. The zero-order chi connectivity index (χ0) is 15.8. The van der Waals surface area contributed by atoms with Crippen molar-refractivity contribution in [2.24, 2.45) is 0 Å². The van der Waals surface area contributed by atoms with Crippen molar-refractivity contribution in [3.8, 4) is 0 Å². The van der Waals surface area contributed by atoms with Crippen LogP contribution in [0, 0.1) is 0 Å². The van der Waals surface area contributed by atoms with E-state index in [0.29, 0.717) is 25.1 Å². The van der Waals surface area contributed by atoms with Crippen molar-refractivity contribution in [1.82, 2.24) is 9.47 Å². The van der Waals surface area contributed by atoms with E-state index in [1.54, 1.807) is 6.07 Å². The Kier molecular flexibility index (Phi) is 4.46. The molecule has 0 saturated carbocycles. The van der Waals surface area contributed by atoms with Crippen LogP contribution in [0.5, 0.6) is 0 Å². The summed E-state index contributed by atoms with van der Waals surface area (Å²) in [6.45, 7) is 6.33. The second kappa shape index (κ2) is 5.83. The molecule has 21 heavy (non-hydrogen) atoms. The zero-order valence-electron chi connectivity index (χ0n) is 12.6. The number of halogens is 1. The molecular weight excluding hydrogens is 336 g/mol. The Morgan fingerprint density at radius 2 is 2.14 bits per heavy atom. The highest BCUT2D eigenvalue weighted by molar-refractivity contribution is 9.10. The highest BCUT2D eigenvalue weighted by atomic mass is 79.9. The standard InChI is InChI=1S/C15H21BrN2O3/c1-4-15(14(20)21)6-5-7-18(15)13(19)12-8-11(16)9-17(12)10(2)3/h8-10H,4-7H2,1-3H3,(H,20,21). The van der Waals surface area contributed by atoms with Gasteiger partial charge in [0.05, 0.1) is 0 Å². The Morgan fingerprint density at radius 3 is 2.67 bits per heavy atom. The lowest BCUT2D eigenvalue weighted by molar-refractivity contribution is -0.148. The summed E-state index contributed by atoms with van der Waals surface area (Å²) >= 11 is 3.39. The summed E-state index contributed by atoms with van der Waals surface area (Å²) in [5.41, 5.74) is -0.520. The van der Waals surface area contributed by atoms with Gasteiger partial charge >= 0.3 is 5.97 Å². The number of likely N-dealkylation sites (tertiary alicyclic amines) is 1. The van der Waals surface area contributed by atoms with Gasteiger partial charge in [-0.25, -0.2) is 4.79 Å². The first kappa shape index (κ1) is 16.1. The Morgan fingerprint density at radius 1 is 1.48 bits per heavy atom. The summed E-state index contributed by atoms with van der Waals surface area (Å²) in [7, 11) is 0. The topological polar surface area (TPSA) is 62.5 Å². The van der Waals surface area contributed by atoms with Crippen molar-refractivity contribution < 1.29 is 14.7 Å². The zero-order valence-corrected chi connectivity index (χ0v) is 14.2. The minimum Gasteiger partial charge on any atom is -0.479 e. The van der Waals surface area contributed by atoms with Gasteiger partial charge in [-0.2, -0.15) is 0 Å². The van der Waals surface area contributed by atoms with Gasteiger partial charge in [-0.05, 0) is 55.1 Å². The average molecular weight is 357 g/mol. The lowest BCUT2D eigenvalue weighted by Gasteiger charge is -2.34. The number of aromatic nitrogens is 1. The highest BCUT2D eigenvalue weighted by Gasteiger charge is 2.49. The fraction of sp³-hybridized carbons (Fsp3) is 0.600. The van der Waals surface area contributed by atoms with Crippen LogP contribution >= 0.6 is 15.9 Å². The molecule has 0 bridgehead atoms. The molecule has 1 amide bonds. The van der Waals surface area contributed by atoms with Crippen LogP contribution < -0.4 is 0 Å². The number of nitrogens with zero attached hydrogens (tertiary/aromatic N) is 2. The quantitative estimate of drug-likeness (QED) is 0.899. The van der Waals surface area contributed by atoms with E-state index in [0.717, 1.165) is 10.9 Å². The monoisotopic (exact) mass is 356 g/mol. The first-order chi connectivity index (χ1) is 9.83. The van der Waals surface area contributed by atoms with Crippen molar-refractivity contribution in [2.45, 2.75) is 51.6 Å². The minimum absolute atomic E-state index is 0.138. The van der Waals surface area contributed by atoms with Crippen LogP contribution in [0.1, 0.15) is 56.6 Å². The predicted octanol–water partition coefficient (Wildman–Crippen LogP) is 3.30. The van der Waals surface area contributed by atoms with E-state index in [4.69, 9.17) is 0 Å². The number of hydrogen-bond donors (Lipinski definition) is 1. The maximum atomic E-state index is 12.9. The molecule has 1 N–H and O–H groups in total. The van der Waals surface area contributed by atoms with E-state index in [9.17, 15) is 14.7 Å². The van der Waals surface area contributed by atoms with Gasteiger partial charge in [0, 0.05) is 23.3 Å². The van der Waals surface area contributed by atoms with Gasteiger partial charge in [-0.15, -0.1) is 0 Å². The second-order valence-corrected chi connectivity index (χ2v) is 6.71. The molecule has 1 unspecified atom stereocenters. The first-order valence-electron chi connectivity index (χ1n) is 7.26. The van der Waals surface area contributed by atoms with Crippen molar-refractivity contribution in [3.05, 3.63) is 22.4 Å². The van der Waals surface area contributed by atoms with Gasteiger partial charge < -0.3 is 14.6 Å². The van der Waals surface area contributed by atoms with Crippen LogP contribution in [-0.2, 0) is 4.79 Å². The molecular formula is C15H21BrN2O3. The molecule has 1 aliphatic rings. The van der Waals surface area contributed by atoms with Gasteiger partial charge in [-0.3, -0.25) is 4.79 Å². The third-order valence-corrected chi connectivity index (χ3v) is 4.74. The molecule has 116 valence electrons. The SMILES string of the molecule is CCC1(C(=O)O)CCCN1C(=O)c1cc(Br)cn1C(C)C. The third-order valence-electron chi connectivity index (χ3n) is 4.31. The van der Waals surface area contributed by atoms with Crippen molar-refractivity contribution in [3.63, 3.8) is 0 Å². The fourth-order valence-electron chi connectivity index (χ4n) is 3.10. The minimum atomic E-state index is -1.06. The molecule has 5 nitrogen and oxygen atoms in total. The Labute approximate surface area is 133 Å². The summed E-state index contributed by atoms with van der Waals surface area (Å²) in [4.78, 5) is 26.1. The second-order valence-electron chi connectivity index (χ2n) is 5.80. The molecule has 1 saturated heterocycles. The molecule has 0 radical (unpaired) electrons. The lowest BCUT2D eigenvalue weighted by atomic mass is 9.93. The summed E-state index contributed by atoms with van der Waals surface area (Å²) in [5.74, 6) is -1.10. The average Bonchev–Trinajstić information content (AvgIpc) is 3.01. The number of rotatable bonds is 4. The Balaban J connectivity index is 2.42. The lowest BCUT2D eigenvalue weighted by Crippen LogP contribution is -2.53. The molecule has 1 fully saturated rings.